The molecule has 0 fully saturated rings. The quantitative estimate of drug-likeness (QED) is 0.556. The van der Waals surface area contributed by atoms with Crippen LogP contribution in [0.2, 0.25) is 0 Å². The third-order valence-electron chi connectivity index (χ3n) is 1.44. The number of ether oxygens (including phenoxy) is 1. The Morgan fingerprint density at radius 2 is 2.27 bits per heavy atom. The van der Waals surface area contributed by atoms with Gasteiger partial charge in [-0.25, -0.2) is 0 Å². The van der Waals surface area contributed by atoms with E-state index in [0.29, 0.717) is 0 Å². The molecule has 0 amide bonds. The van der Waals surface area contributed by atoms with Crippen molar-refractivity contribution in [3.63, 3.8) is 0 Å². The first kappa shape index (κ1) is 7.99. The van der Waals surface area contributed by atoms with E-state index in [1.807, 2.05) is 19.1 Å². The Kier molecular flexibility index (Phi) is 2.42. The minimum atomic E-state index is 0.769. The summed E-state index contributed by atoms with van der Waals surface area (Å²) in [5.41, 5.74) is 1.77. The maximum absolute atomic E-state index is 5.06. The number of nitrogens with zero attached hydrogens (tertiary/aromatic N) is 1. The number of rotatable bonds is 2. The Hall–Kier alpha value is -1.12. The zero-order valence-corrected chi connectivity index (χ0v) is 6.79. The third-order valence-corrected chi connectivity index (χ3v) is 1.44. The average molecular weight is 147 g/mol. The number of aryl methyl sites for hydroxylation is 1. The molecule has 1 heterocycles. The van der Waals surface area contributed by atoms with Crippen LogP contribution in [0.4, 0.5) is 0 Å². The normalized spacial score (nSPS) is 8.91. The van der Waals surface area contributed by atoms with Crippen LogP contribution in [0.1, 0.15) is 5.69 Å². The van der Waals surface area contributed by atoms with Gasteiger partial charge in [0.25, 0.3) is 0 Å². The first-order chi connectivity index (χ1) is 5.27. The summed E-state index contributed by atoms with van der Waals surface area (Å²) in [6, 6.07) is 3.80. The third kappa shape index (κ3) is 1.67. The summed E-state index contributed by atoms with van der Waals surface area (Å²) < 4.78 is 5.06. The van der Waals surface area contributed by atoms with Gasteiger partial charge in [-0.2, -0.15) is 0 Å². The van der Waals surface area contributed by atoms with Crippen LogP contribution in [0.3, 0.4) is 0 Å². The summed E-state index contributed by atoms with van der Waals surface area (Å²) in [6.07, 6.45) is 0. The molecule has 0 unspecified atom stereocenters. The van der Waals surface area contributed by atoms with Gasteiger partial charge in [0.05, 0.1) is 0 Å². The monoisotopic (exact) mass is 147 g/mol. The molecule has 1 aromatic heterocycles. The van der Waals surface area contributed by atoms with Gasteiger partial charge in [-0.3, -0.25) is 0 Å². The van der Waals surface area contributed by atoms with E-state index in [9.17, 15) is 0 Å². The molecular formula is C8H10BNO. The molecule has 1 rings (SSSR count). The molecule has 0 aliphatic rings. The molecule has 0 aliphatic carbocycles. The van der Waals surface area contributed by atoms with Crippen molar-refractivity contribution >= 4 is 19.0 Å². The van der Waals surface area contributed by atoms with Crippen LogP contribution >= 0.6 is 0 Å². The zero-order valence-electron chi connectivity index (χ0n) is 6.79. The first-order valence-corrected chi connectivity index (χ1v) is 3.42. The summed E-state index contributed by atoms with van der Waals surface area (Å²) in [7, 11) is 1.62. The molecule has 0 atom stereocenters. The molecule has 0 spiro atoms. The Balaban J connectivity index is 3.16. The van der Waals surface area contributed by atoms with E-state index in [1.165, 1.54) is 0 Å². The molecule has 0 aliphatic heterocycles. The van der Waals surface area contributed by atoms with E-state index in [4.69, 9.17) is 4.74 Å². The van der Waals surface area contributed by atoms with Gasteiger partial charge < -0.3 is 0 Å². The molecule has 0 N–H and O–H groups in total. The molecule has 0 radical (unpaired) electrons. The average Bonchev–Trinajstić information content (AvgIpc) is 2.04. The minimum absolute atomic E-state index is 0.769. The van der Waals surface area contributed by atoms with Gasteiger partial charge >= 0.3 is 66.3 Å². The fraction of sp³-hybridized carbons (Fsp3) is 0.250. The molecule has 0 saturated carbocycles. The standard InChI is InChI=1S/C8H10BNO/c1-6-4-5-7(11-3)8(9-2)10-6/h4-5H,2H2,1,3H3. The number of pyridine rings is 1. The van der Waals surface area contributed by atoms with Gasteiger partial charge in [-0.1, -0.05) is 0 Å². The molecular weight excluding hydrogens is 137 g/mol. The van der Waals surface area contributed by atoms with Gasteiger partial charge in [0, 0.05) is 0 Å². The molecule has 56 valence electrons. The van der Waals surface area contributed by atoms with Crippen molar-refractivity contribution < 1.29 is 4.74 Å². The molecule has 11 heavy (non-hydrogen) atoms. The van der Waals surface area contributed by atoms with Gasteiger partial charge in [0.15, 0.2) is 0 Å². The summed E-state index contributed by atoms with van der Waals surface area (Å²) in [5, 5.41) is 0. The van der Waals surface area contributed by atoms with E-state index < -0.39 is 0 Å². The fourth-order valence-corrected chi connectivity index (χ4v) is 0.883. The van der Waals surface area contributed by atoms with E-state index in [1.54, 1.807) is 14.0 Å². The molecule has 0 aromatic carbocycles. The van der Waals surface area contributed by atoms with Crippen LogP contribution in [0.25, 0.3) is 0 Å². The van der Waals surface area contributed by atoms with Gasteiger partial charge in [0.2, 0.25) is 0 Å². The van der Waals surface area contributed by atoms with Crippen molar-refractivity contribution in [2.75, 3.05) is 7.11 Å². The predicted octanol–water partition coefficient (Wildman–Crippen LogP) is 0.160. The van der Waals surface area contributed by atoms with E-state index in [-0.39, 0.29) is 0 Å². The summed E-state index contributed by atoms with van der Waals surface area (Å²) in [4.78, 5) is 4.22. The molecule has 2 nitrogen and oxygen atoms in total. The summed E-state index contributed by atoms with van der Waals surface area (Å²) >= 11 is 0. The topological polar surface area (TPSA) is 22.1 Å². The Labute approximate surface area is 67.1 Å². The maximum atomic E-state index is 5.06. The van der Waals surface area contributed by atoms with Crippen LogP contribution in [-0.2, 0) is 0 Å². The number of hydrogen-bond acceptors (Lipinski definition) is 2. The van der Waals surface area contributed by atoms with E-state index in [2.05, 4.69) is 11.5 Å². The van der Waals surface area contributed by atoms with E-state index >= 15 is 0 Å². The van der Waals surface area contributed by atoms with Crippen molar-refractivity contribution in [2.45, 2.75) is 6.92 Å². The second-order valence-electron chi connectivity index (χ2n) is 2.24. The van der Waals surface area contributed by atoms with Crippen LogP contribution in [0, 0.1) is 6.92 Å². The fourth-order valence-electron chi connectivity index (χ4n) is 0.883. The Bertz CT molecular complexity index is 273. The van der Waals surface area contributed by atoms with Gasteiger partial charge in [-0.15, -0.1) is 0 Å². The second kappa shape index (κ2) is 3.33. The summed E-state index contributed by atoms with van der Waals surface area (Å²) in [5.74, 6) is 0.769. The van der Waals surface area contributed by atoms with Gasteiger partial charge in [-0.05, 0) is 0 Å². The second-order valence-corrected chi connectivity index (χ2v) is 2.24. The predicted molar refractivity (Wildman–Crippen MR) is 48.0 cm³/mol. The number of hydrogen-bond donors (Lipinski definition) is 0. The van der Waals surface area contributed by atoms with Crippen LogP contribution in [-0.4, -0.2) is 25.5 Å². The Morgan fingerprint density at radius 1 is 1.55 bits per heavy atom. The van der Waals surface area contributed by atoms with Crippen molar-refractivity contribution in [3.8, 4) is 5.75 Å². The molecule has 0 saturated heterocycles. The number of aromatic nitrogens is 1. The van der Waals surface area contributed by atoms with Crippen LogP contribution in [0.15, 0.2) is 12.1 Å². The van der Waals surface area contributed by atoms with Crippen molar-refractivity contribution in [1.29, 1.82) is 0 Å². The zero-order chi connectivity index (χ0) is 8.27. The Morgan fingerprint density at radius 3 is 2.82 bits per heavy atom. The van der Waals surface area contributed by atoms with Crippen molar-refractivity contribution in [2.24, 2.45) is 0 Å². The first-order valence-electron chi connectivity index (χ1n) is 3.42. The molecule has 0 bridgehead atoms. The van der Waals surface area contributed by atoms with Crippen molar-refractivity contribution in [3.05, 3.63) is 17.8 Å². The SMILES string of the molecule is C=Bc1nc(C)ccc1OC. The number of methoxy groups -OCH3 is 1. The summed E-state index contributed by atoms with van der Waals surface area (Å²) in [6.45, 7) is 7.26. The molecule has 3 heteroatoms. The van der Waals surface area contributed by atoms with E-state index in [0.717, 1.165) is 17.0 Å². The molecule has 1 aromatic rings. The van der Waals surface area contributed by atoms with Crippen LogP contribution in [0.5, 0.6) is 5.75 Å². The van der Waals surface area contributed by atoms with Gasteiger partial charge in [0.1, 0.15) is 0 Å². The van der Waals surface area contributed by atoms with Crippen molar-refractivity contribution in [1.82, 2.24) is 4.98 Å². The van der Waals surface area contributed by atoms with Crippen LogP contribution < -0.4 is 10.3 Å².